The minimum absolute atomic E-state index is 0.152. The molecule has 7 heteroatoms. The van der Waals surface area contributed by atoms with Gasteiger partial charge in [-0.1, -0.05) is 91.0 Å². The number of rotatable bonds is 7. The van der Waals surface area contributed by atoms with E-state index in [0.717, 1.165) is 40.2 Å². The van der Waals surface area contributed by atoms with Gasteiger partial charge in [-0.15, -0.1) is 5.10 Å². The van der Waals surface area contributed by atoms with Crippen molar-refractivity contribution in [2.24, 2.45) is 0 Å². The maximum absolute atomic E-state index is 13.8. The van der Waals surface area contributed by atoms with Crippen LogP contribution in [0.2, 0.25) is 0 Å². The van der Waals surface area contributed by atoms with E-state index in [-0.39, 0.29) is 5.91 Å². The van der Waals surface area contributed by atoms with E-state index in [1.807, 2.05) is 55.8 Å². The molecule has 0 radical (unpaired) electrons. The fraction of sp³-hybridized carbons (Fsp3) is 0.233. The molecule has 1 amide bonds. The average Bonchev–Trinajstić information content (AvgIpc) is 3.31. The minimum atomic E-state index is -0.397. The Morgan fingerprint density at radius 2 is 1.76 bits per heavy atom. The summed E-state index contributed by atoms with van der Waals surface area (Å²) in [6, 6.07) is 24.3. The quantitative estimate of drug-likeness (QED) is 0.272. The van der Waals surface area contributed by atoms with Gasteiger partial charge in [0.25, 0.3) is 5.91 Å². The summed E-state index contributed by atoms with van der Waals surface area (Å²) in [7, 11) is 0. The summed E-state index contributed by atoms with van der Waals surface area (Å²) >= 11 is 1.58. The first-order chi connectivity index (χ1) is 17.9. The van der Waals surface area contributed by atoms with Crippen molar-refractivity contribution in [2.45, 2.75) is 51.1 Å². The predicted octanol–water partition coefficient (Wildman–Crippen LogP) is 6.68. The van der Waals surface area contributed by atoms with Gasteiger partial charge in [0, 0.05) is 17.1 Å². The molecule has 0 bridgehead atoms. The van der Waals surface area contributed by atoms with E-state index < -0.39 is 6.04 Å². The zero-order chi connectivity index (χ0) is 25.9. The monoisotopic (exact) mass is 509 g/mol. The SMILES string of the molecule is CCc1ccc([C@@H]2C(C(=O)Nc3ccc(C)cc3C)=C(C)Nc3nc(SCc4ccccc4)nn32)cc1. The highest BCUT2D eigenvalue weighted by atomic mass is 32.2. The van der Waals surface area contributed by atoms with Gasteiger partial charge in [0.2, 0.25) is 11.1 Å². The van der Waals surface area contributed by atoms with Crippen molar-refractivity contribution < 1.29 is 4.79 Å². The lowest BCUT2D eigenvalue weighted by atomic mass is 9.94. The van der Waals surface area contributed by atoms with E-state index in [1.54, 1.807) is 11.8 Å². The Labute approximate surface area is 222 Å². The van der Waals surface area contributed by atoms with Crippen LogP contribution in [-0.2, 0) is 17.0 Å². The first-order valence-corrected chi connectivity index (χ1v) is 13.5. The van der Waals surface area contributed by atoms with Gasteiger partial charge in [0.1, 0.15) is 6.04 Å². The molecule has 0 aliphatic carbocycles. The number of nitrogens with one attached hydrogen (secondary N) is 2. The van der Waals surface area contributed by atoms with Crippen LogP contribution < -0.4 is 10.6 Å². The third-order valence-electron chi connectivity index (χ3n) is 6.62. The van der Waals surface area contributed by atoms with Crippen molar-refractivity contribution in [1.29, 1.82) is 0 Å². The van der Waals surface area contributed by atoms with Gasteiger partial charge < -0.3 is 10.6 Å². The molecule has 3 aromatic carbocycles. The molecule has 0 saturated carbocycles. The van der Waals surface area contributed by atoms with Gasteiger partial charge in [-0.25, -0.2) is 4.68 Å². The van der Waals surface area contributed by atoms with Crippen molar-refractivity contribution in [1.82, 2.24) is 14.8 Å². The number of carbonyl (C=O) groups is 1. The molecule has 0 spiro atoms. The molecule has 1 atom stereocenters. The molecule has 0 unspecified atom stereocenters. The third kappa shape index (κ3) is 5.32. The number of thioether (sulfide) groups is 1. The third-order valence-corrected chi connectivity index (χ3v) is 7.53. The van der Waals surface area contributed by atoms with E-state index in [0.29, 0.717) is 16.7 Å². The van der Waals surface area contributed by atoms with Crippen molar-refractivity contribution in [3.63, 3.8) is 0 Å². The molecule has 2 heterocycles. The van der Waals surface area contributed by atoms with E-state index in [9.17, 15) is 4.79 Å². The van der Waals surface area contributed by atoms with E-state index in [4.69, 9.17) is 10.1 Å². The molecular formula is C30H31N5OS. The molecule has 188 valence electrons. The second kappa shape index (κ2) is 10.6. The lowest BCUT2D eigenvalue weighted by molar-refractivity contribution is -0.113. The predicted molar refractivity (Wildman–Crippen MR) is 151 cm³/mol. The number of nitrogens with zero attached hydrogens (tertiary/aromatic N) is 3. The number of aromatic nitrogens is 3. The molecule has 1 aliphatic rings. The number of aryl methyl sites for hydroxylation is 3. The first kappa shape index (κ1) is 24.8. The van der Waals surface area contributed by atoms with Crippen LogP contribution in [0.1, 0.15) is 47.7 Å². The average molecular weight is 510 g/mol. The number of carbonyl (C=O) groups excluding carboxylic acids is 1. The fourth-order valence-electron chi connectivity index (χ4n) is 4.60. The van der Waals surface area contributed by atoms with Crippen LogP contribution in [0.5, 0.6) is 0 Å². The highest BCUT2D eigenvalue weighted by Crippen LogP contribution is 2.37. The van der Waals surface area contributed by atoms with Gasteiger partial charge in [-0.3, -0.25) is 4.79 Å². The lowest BCUT2D eigenvalue weighted by Crippen LogP contribution is -2.31. The molecule has 37 heavy (non-hydrogen) atoms. The molecule has 5 rings (SSSR count). The molecule has 2 N–H and O–H groups in total. The van der Waals surface area contributed by atoms with Gasteiger partial charge in [0.05, 0.1) is 5.57 Å². The molecular weight excluding hydrogens is 478 g/mol. The van der Waals surface area contributed by atoms with Crippen LogP contribution >= 0.6 is 11.8 Å². The number of hydrogen-bond donors (Lipinski definition) is 2. The maximum Gasteiger partial charge on any atom is 0.255 e. The maximum atomic E-state index is 13.8. The van der Waals surface area contributed by atoms with Crippen LogP contribution in [0, 0.1) is 13.8 Å². The summed E-state index contributed by atoms with van der Waals surface area (Å²) in [6.07, 6.45) is 0.955. The number of amides is 1. The Morgan fingerprint density at radius 3 is 2.46 bits per heavy atom. The number of fused-ring (bicyclic) bond motifs is 1. The molecule has 6 nitrogen and oxygen atoms in total. The van der Waals surface area contributed by atoms with Crippen LogP contribution in [0.3, 0.4) is 0 Å². The van der Waals surface area contributed by atoms with E-state index >= 15 is 0 Å². The van der Waals surface area contributed by atoms with Gasteiger partial charge in [-0.05, 0) is 55.5 Å². The largest absolute Gasteiger partial charge is 0.328 e. The number of allylic oxidation sites excluding steroid dienone is 1. The standard InChI is InChI=1S/C30H31N5OS/c1-5-22-12-14-24(15-13-22)27-26(28(36)32-25-16-11-19(2)17-20(25)3)21(4)31-29-33-30(34-35(27)29)37-18-23-9-7-6-8-10-23/h6-17,27H,5,18H2,1-4H3,(H,32,36)(H,31,33,34)/t27-/m1/s1. The topological polar surface area (TPSA) is 71.8 Å². The summed E-state index contributed by atoms with van der Waals surface area (Å²) in [5.74, 6) is 1.26. The Balaban J connectivity index is 1.50. The summed E-state index contributed by atoms with van der Waals surface area (Å²) in [6.45, 7) is 8.12. The Morgan fingerprint density at radius 1 is 1.00 bits per heavy atom. The van der Waals surface area contributed by atoms with Crippen molar-refractivity contribution >= 4 is 29.3 Å². The van der Waals surface area contributed by atoms with Crippen LogP contribution in [0.15, 0.2) is 89.2 Å². The van der Waals surface area contributed by atoms with Crippen molar-refractivity contribution in [3.8, 4) is 0 Å². The summed E-state index contributed by atoms with van der Waals surface area (Å²) in [4.78, 5) is 18.5. The molecule has 1 aromatic heterocycles. The number of anilines is 2. The second-order valence-electron chi connectivity index (χ2n) is 9.37. The zero-order valence-corrected chi connectivity index (χ0v) is 22.4. The molecule has 0 saturated heterocycles. The summed E-state index contributed by atoms with van der Waals surface area (Å²) in [5.41, 5.74) is 7.84. The molecule has 1 aliphatic heterocycles. The minimum Gasteiger partial charge on any atom is -0.328 e. The van der Waals surface area contributed by atoms with Gasteiger partial charge >= 0.3 is 0 Å². The Kier molecular flexibility index (Phi) is 7.15. The normalized spacial score (nSPS) is 14.8. The highest BCUT2D eigenvalue weighted by Gasteiger charge is 2.34. The molecule has 0 fully saturated rings. The van der Waals surface area contributed by atoms with Crippen LogP contribution in [0.25, 0.3) is 0 Å². The van der Waals surface area contributed by atoms with E-state index in [1.165, 1.54) is 11.1 Å². The van der Waals surface area contributed by atoms with Gasteiger partial charge in [0.15, 0.2) is 0 Å². The number of benzene rings is 3. The van der Waals surface area contributed by atoms with Gasteiger partial charge in [-0.2, -0.15) is 4.98 Å². The smallest absolute Gasteiger partial charge is 0.255 e. The number of hydrogen-bond acceptors (Lipinski definition) is 5. The van der Waals surface area contributed by atoms with Crippen LogP contribution in [0.4, 0.5) is 11.6 Å². The summed E-state index contributed by atoms with van der Waals surface area (Å²) < 4.78 is 1.85. The Bertz CT molecular complexity index is 1460. The van der Waals surface area contributed by atoms with E-state index in [2.05, 4.69) is 60.0 Å². The zero-order valence-electron chi connectivity index (χ0n) is 21.6. The summed E-state index contributed by atoms with van der Waals surface area (Å²) in [5, 5.41) is 12.0. The van der Waals surface area contributed by atoms with Crippen molar-refractivity contribution in [2.75, 3.05) is 10.6 Å². The fourth-order valence-corrected chi connectivity index (χ4v) is 5.38. The van der Waals surface area contributed by atoms with Crippen LogP contribution in [-0.4, -0.2) is 20.7 Å². The first-order valence-electron chi connectivity index (χ1n) is 12.5. The molecule has 4 aromatic rings. The Hall–Kier alpha value is -3.84. The highest BCUT2D eigenvalue weighted by molar-refractivity contribution is 7.98. The van der Waals surface area contributed by atoms with Crippen molar-refractivity contribution in [3.05, 3.63) is 112 Å². The second-order valence-corrected chi connectivity index (χ2v) is 10.3. The lowest BCUT2D eigenvalue weighted by Gasteiger charge is -2.29.